The minimum absolute atomic E-state index is 0.635. The van der Waals surface area contributed by atoms with Crippen LogP contribution < -0.4 is 0 Å². The summed E-state index contributed by atoms with van der Waals surface area (Å²) in [5.41, 5.74) is 11.0. The SMILES string of the molecule is c1ccc(-c2ccc3c(c2)c2ccccc2n3-c2ccc(-c3ccc(-c4nc(-c5ccccc5)nc(-c5ccc6c7ccccc7c7ccccc7c6c5)n4)cc3)cc2)cc1. The smallest absolute Gasteiger partial charge is 0.164 e. The van der Waals surface area contributed by atoms with Crippen molar-refractivity contribution in [3.63, 3.8) is 0 Å². The number of aromatic nitrogens is 4. The van der Waals surface area contributed by atoms with Crippen LogP contribution in [-0.2, 0) is 0 Å². The molecule has 0 aliphatic carbocycles. The summed E-state index contributed by atoms with van der Waals surface area (Å²) in [5, 5.41) is 9.84. The van der Waals surface area contributed by atoms with Crippen LogP contribution in [0.4, 0.5) is 0 Å². The molecular weight excluding hydrogens is 741 g/mol. The first-order valence-electron chi connectivity index (χ1n) is 20.7. The summed E-state index contributed by atoms with van der Waals surface area (Å²) in [7, 11) is 0. The summed E-state index contributed by atoms with van der Waals surface area (Å²) in [6.07, 6.45) is 0. The van der Waals surface area contributed by atoms with Crippen molar-refractivity contribution in [2.75, 3.05) is 0 Å². The molecule has 0 atom stereocenters. The number of rotatable bonds is 6. The fraction of sp³-hybridized carbons (Fsp3) is 0. The van der Waals surface area contributed by atoms with Gasteiger partial charge in [-0.25, -0.2) is 15.0 Å². The lowest BCUT2D eigenvalue weighted by molar-refractivity contribution is 1.07. The lowest BCUT2D eigenvalue weighted by atomic mass is 9.93. The topological polar surface area (TPSA) is 43.6 Å². The second-order valence-corrected chi connectivity index (χ2v) is 15.6. The van der Waals surface area contributed by atoms with E-state index in [-0.39, 0.29) is 0 Å². The van der Waals surface area contributed by atoms with Gasteiger partial charge in [-0.15, -0.1) is 0 Å². The van der Waals surface area contributed by atoms with Crippen LogP contribution in [0.15, 0.2) is 218 Å². The highest BCUT2D eigenvalue weighted by Gasteiger charge is 2.17. The van der Waals surface area contributed by atoms with Crippen LogP contribution >= 0.6 is 0 Å². The standard InChI is InChI=1S/C57H36N4/c1-3-13-37(14-4-1)42-30-34-54-52(35-42)50-21-11-12-22-53(50)61(54)44-31-27-39(28-32-44)38-23-25-41(26-24-38)56-58-55(40-15-5-2-6-16-40)59-57(60-56)43-29-33-49-47-19-8-7-17-45(47)46-18-9-10-20-48(46)51(49)36-43/h1-36H. The Morgan fingerprint density at radius 2 is 0.607 bits per heavy atom. The van der Waals surface area contributed by atoms with E-state index < -0.39 is 0 Å². The van der Waals surface area contributed by atoms with E-state index in [0.29, 0.717) is 17.5 Å². The van der Waals surface area contributed by atoms with Crippen LogP contribution in [0.5, 0.6) is 0 Å². The van der Waals surface area contributed by atoms with Crippen molar-refractivity contribution in [3.05, 3.63) is 218 Å². The highest BCUT2D eigenvalue weighted by Crippen LogP contribution is 2.38. The van der Waals surface area contributed by atoms with Gasteiger partial charge < -0.3 is 4.57 Å². The van der Waals surface area contributed by atoms with Gasteiger partial charge in [0, 0.05) is 33.2 Å². The molecule has 10 aromatic carbocycles. The Hall–Kier alpha value is -8.21. The van der Waals surface area contributed by atoms with Crippen LogP contribution in [-0.4, -0.2) is 19.5 Å². The largest absolute Gasteiger partial charge is 0.309 e. The van der Waals surface area contributed by atoms with Gasteiger partial charge in [0.15, 0.2) is 17.5 Å². The van der Waals surface area contributed by atoms with Crippen LogP contribution in [0.1, 0.15) is 0 Å². The molecular formula is C57H36N4. The van der Waals surface area contributed by atoms with Gasteiger partial charge in [-0.05, 0) is 91.0 Å². The van der Waals surface area contributed by atoms with Crippen molar-refractivity contribution in [3.8, 4) is 62.1 Å². The molecule has 0 N–H and O–H groups in total. The molecule has 0 fully saturated rings. The molecule has 12 rings (SSSR count). The Morgan fingerprint density at radius 3 is 1.23 bits per heavy atom. The van der Waals surface area contributed by atoms with E-state index in [9.17, 15) is 0 Å². The number of nitrogens with zero attached hydrogens (tertiary/aromatic N) is 4. The zero-order valence-electron chi connectivity index (χ0n) is 33.1. The quantitative estimate of drug-likeness (QED) is 0.158. The molecule has 4 heteroatoms. The monoisotopic (exact) mass is 776 g/mol. The molecule has 0 aliphatic heterocycles. The minimum Gasteiger partial charge on any atom is -0.309 e. The highest BCUT2D eigenvalue weighted by atomic mass is 15.0. The number of hydrogen-bond donors (Lipinski definition) is 0. The van der Waals surface area contributed by atoms with E-state index in [4.69, 9.17) is 15.0 Å². The molecule has 2 heterocycles. The molecule has 4 nitrogen and oxygen atoms in total. The summed E-state index contributed by atoms with van der Waals surface area (Å²) in [6.45, 7) is 0. The Morgan fingerprint density at radius 1 is 0.230 bits per heavy atom. The van der Waals surface area contributed by atoms with Gasteiger partial charge in [-0.2, -0.15) is 0 Å². The Bertz CT molecular complexity index is 3580. The lowest BCUT2D eigenvalue weighted by Crippen LogP contribution is -2.00. The third-order valence-corrected chi connectivity index (χ3v) is 12.1. The van der Waals surface area contributed by atoms with Crippen molar-refractivity contribution in [1.82, 2.24) is 19.5 Å². The zero-order chi connectivity index (χ0) is 40.3. The number of para-hydroxylation sites is 1. The van der Waals surface area contributed by atoms with Crippen molar-refractivity contribution in [2.45, 2.75) is 0 Å². The lowest BCUT2D eigenvalue weighted by Gasteiger charge is -2.13. The number of hydrogen-bond acceptors (Lipinski definition) is 3. The van der Waals surface area contributed by atoms with Crippen LogP contribution in [0.2, 0.25) is 0 Å². The number of fused-ring (bicyclic) bond motifs is 9. The summed E-state index contributed by atoms with van der Waals surface area (Å²) in [5.74, 6) is 1.92. The van der Waals surface area contributed by atoms with E-state index in [1.807, 2.05) is 18.2 Å². The zero-order valence-corrected chi connectivity index (χ0v) is 33.1. The first-order valence-corrected chi connectivity index (χ1v) is 20.7. The normalized spacial score (nSPS) is 11.6. The van der Waals surface area contributed by atoms with Gasteiger partial charge in [0.1, 0.15) is 0 Å². The van der Waals surface area contributed by atoms with E-state index in [0.717, 1.165) is 33.5 Å². The molecule has 0 saturated carbocycles. The molecule has 0 amide bonds. The Labute approximate surface area is 352 Å². The fourth-order valence-electron chi connectivity index (χ4n) is 9.07. The third-order valence-electron chi connectivity index (χ3n) is 12.1. The van der Waals surface area contributed by atoms with Crippen LogP contribution in [0.25, 0.3) is 116 Å². The van der Waals surface area contributed by atoms with E-state index in [2.05, 4.69) is 205 Å². The summed E-state index contributed by atoms with van der Waals surface area (Å²) < 4.78 is 2.37. The molecule has 0 saturated heterocycles. The van der Waals surface area contributed by atoms with Gasteiger partial charge in [-0.3, -0.25) is 0 Å². The first-order chi connectivity index (χ1) is 30.2. The average molecular weight is 777 g/mol. The molecule has 0 bridgehead atoms. The van der Waals surface area contributed by atoms with Gasteiger partial charge in [0.2, 0.25) is 0 Å². The molecule has 0 unspecified atom stereocenters. The molecule has 0 radical (unpaired) electrons. The van der Waals surface area contributed by atoms with Gasteiger partial charge in [0.05, 0.1) is 11.0 Å². The van der Waals surface area contributed by atoms with E-state index >= 15 is 0 Å². The van der Waals surface area contributed by atoms with E-state index in [1.165, 1.54) is 65.3 Å². The predicted molar refractivity (Wildman–Crippen MR) is 254 cm³/mol. The van der Waals surface area contributed by atoms with Crippen LogP contribution in [0.3, 0.4) is 0 Å². The maximum absolute atomic E-state index is 5.14. The van der Waals surface area contributed by atoms with Crippen molar-refractivity contribution in [2.24, 2.45) is 0 Å². The van der Waals surface area contributed by atoms with Gasteiger partial charge in [-0.1, -0.05) is 182 Å². The second kappa shape index (κ2) is 14.3. The molecule has 0 aliphatic rings. The second-order valence-electron chi connectivity index (χ2n) is 15.6. The average Bonchev–Trinajstić information content (AvgIpc) is 3.68. The minimum atomic E-state index is 0.635. The van der Waals surface area contributed by atoms with Crippen molar-refractivity contribution in [1.29, 1.82) is 0 Å². The third kappa shape index (κ3) is 5.96. The van der Waals surface area contributed by atoms with Crippen LogP contribution in [0, 0.1) is 0 Å². The van der Waals surface area contributed by atoms with Gasteiger partial charge >= 0.3 is 0 Å². The fourth-order valence-corrected chi connectivity index (χ4v) is 9.07. The number of benzene rings is 10. The maximum Gasteiger partial charge on any atom is 0.164 e. The molecule has 2 aromatic heterocycles. The molecule has 61 heavy (non-hydrogen) atoms. The maximum atomic E-state index is 5.14. The Kier molecular flexibility index (Phi) is 8.13. The molecule has 0 spiro atoms. The van der Waals surface area contributed by atoms with Gasteiger partial charge in [0.25, 0.3) is 0 Å². The molecule has 284 valence electrons. The summed E-state index contributed by atoms with van der Waals surface area (Å²) in [6, 6.07) is 77.6. The predicted octanol–water partition coefficient (Wildman–Crippen LogP) is 14.8. The molecule has 12 aromatic rings. The first kappa shape index (κ1) is 34.8. The summed E-state index contributed by atoms with van der Waals surface area (Å²) >= 11 is 0. The Balaban J connectivity index is 0.910. The van der Waals surface area contributed by atoms with E-state index in [1.54, 1.807) is 0 Å². The van der Waals surface area contributed by atoms with Crippen molar-refractivity contribution >= 4 is 54.1 Å². The highest BCUT2D eigenvalue weighted by molar-refractivity contribution is 6.25. The van der Waals surface area contributed by atoms with Crippen molar-refractivity contribution < 1.29 is 0 Å². The summed E-state index contributed by atoms with van der Waals surface area (Å²) in [4.78, 5) is 15.3.